The van der Waals surface area contributed by atoms with Crippen molar-refractivity contribution >= 4 is 5.91 Å². The summed E-state index contributed by atoms with van der Waals surface area (Å²) in [6.45, 7) is 6.54. The van der Waals surface area contributed by atoms with Crippen molar-refractivity contribution in [3.63, 3.8) is 0 Å². The zero-order valence-corrected chi connectivity index (χ0v) is 11.8. The number of rotatable bonds is 6. The molecule has 1 aromatic rings. The van der Waals surface area contributed by atoms with Crippen LogP contribution in [0.5, 0.6) is 0 Å². The molecule has 0 heterocycles. The summed E-state index contributed by atoms with van der Waals surface area (Å²) in [7, 11) is 1.70. The monoisotopic (exact) mass is 248 g/mol. The van der Waals surface area contributed by atoms with E-state index in [1.165, 1.54) is 16.7 Å². The lowest BCUT2D eigenvalue weighted by atomic mass is 9.95. The van der Waals surface area contributed by atoms with Crippen LogP contribution >= 0.6 is 0 Å². The Morgan fingerprint density at radius 2 is 2.06 bits per heavy atom. The van der Waals surface area contributed by atoms with Crippen LogP contribution < -0.4 is 10.9 Å². The van der Waals surface area contributed by atoms with E-state index in [1.807, 2.05) is 0 Å². The second-order valence-electron chi connectivity index (χ2n) is 4.99. The normalized spacial score (nSPS) is 10.7. The Labute approximate surface area is 110 Å². The van der Waals surface area contributed by atoms with Gasteiger partial charge in [0.15, 0.2) is 0 Å². The molecule has 0 spiro atoms. The van der Waals surface area contributed by atoms with Crippen molar-refractivity contribution < 1.29 is 4.79 Å². The highest BCUT2D eigenvalue weighted by molar-refractivity contribution is 5.75. The van der Waals surface area contributed by atoms with Gasteiger partial charge < -0.3 is 0 Å². The molecule has 0 unspecified atom stereocenters. The number of amides is 1. The van der Waals surface area contributed by atoms with E-state index >= 15 is 0 Å². The van der Waals surface area contributed by atoms with Crippen LogP contribution in [-0.2, 0) is 11.2 Å². The molecule has 1 aromatic carbocycles. The Morgan fingerprint density at radius 3 is 2.67 bits per heavy atom. The first-order chi connectivity index (χ1) is 8.54. The van der Waals surface area contributed by atoms with E-state index in [-0.39, 0.29) is 5.91 Å². The number of benzene rings is 1. The van der Waals surface area contributed by atoms with Crippen molar-refractivity contribution in [2.24, 2.45) is 0 Å². The van der Waals surface area contributed by atoms with Crippen molar-refractivity contribution in [2.75, 3.05) is 7.05 Å². The Bertz CT molecular complexity index is 399. The largest absolute Gasteiger partial charge is 0.292 e. The van der Waals surface area contributed by atoms with Gasteiger partial charge in [0.1, 0.15) is 0 Å². The van der Waals surface area contributed by atoms with Crippen LogP contribution in [0.3, 0.4) is 0 Å². The quantitative estimate of drug-likeness (QED) is 0.760. The molecule has 1 amide bonds. The van der Waals surface area contributed by atoms with Gasteiger partial charge in [-0.05, 0) is 42.4 Å². The maximum Gasteiger partial charge on any atom is 0.234 e. The van der Waals surface area contributed by atoms with Crippen molar-refractivity contribution in [1.29, 1.82) is 0 Å². The van der Waals surface area contributed by atoms with Gasteiger partial charge in [0.2, 0.25) is 5.91 Å². The first-order valence-electron chi connectivity index (χ1n) is 6.59. The molecule has 2 N–H and O–H groups in total. The Hall–Kier alpha value is -1.35. The summed E-state index contributed by atoms with van der Waals surface area (Å²) in [4.78, 5) is 11.3. The van der Waals surface area contributed by atoms with Gasteiger partial charge >= 0.3 is 0 Å². The number of nitrogens with one attached hydrogen (secondary N) is 2. The number of aryl methyl sites for hydroxylation is 2. The molecule has 0 aliphatic carbocycles. The maximum absolute atomic E-state index is 11.3. The van der Waals surface area contributed by atoms with Crippen LogP contribution in [0, 0.1) is 6.92 Å². The molecule has 18 heavy (non-hydrogen) atoms. The number of hydrazine groups is 1. The highest BCUT2D eigenvalue weighted by Gasteiger charge is 2.05. The molecule has 0 aliphatic rings. The maximum atomic E-state index is 11.3. The van der Waals surface area contributed by atoms with Crippen molar-refractivity contribution in [1.82, 2.24) is 10.9 Å². The highest BCUT2D eigenvalue weighted by Crippen LogP contribution is 2.20. The second kappa shape index (κ2) is 7.17. The van der Waals surface area contributed by atoms with Crippen molar-refractivity contribution in [3.8, 4) is 0 Å². The molecule has 3 nitrogen and oxygen atoms in total. The fraction of sp³-hybridized carbons (Fsp3) is 0.533. The van der Waals surface area contributed by atoms with Gasteiger partial charge in [-0.25, -0.2) is 5.43 Å². The Morgan fingerprint density at radius 1 is 1.33 bits per heavy atom. The van der Waals surface area contributed by atoms with Crippen molar-refractivity contribution in [2.45, 2.75) is 46.0 Å². The third-order valence-corrected chi connectivity index (χ3v) is 3.15. The molecule has 100 valence electrons. The van der Waals surface area contributed by atoms with Gasteiger partial charge in [0, 0.05) is 13.5 Å². The molecular formula is C15H24N2O. The summed E-state index contributed by atoms with van der Waals surface area (Å²) >= 11 is 0. The highest BCUT2D eigenvalue weighted by atomic mass is 16.2. The summed E-state index contributed by atoms with van der Waals surface area (Å²) in [6.07, 6.45) is 2.41. The SMILES string of the molecule is CNNC(=O)CCCc1cc(C(C)C)ccc1C. The molecule has 0 aliphatic heterocycles. The van der Waals surface area contributed by atoms with E-state index in [0.29, 0.717) is 12.3 Å². The fourth-order valence-electron chi connectivity index (χ4n) is 1.96. The lowest BCUT2D eigenvalue weighted by molar-refractivity contribution is -0.122. The first kappa shape index (κ1) is 14.7. The third kappa shape index (κ3) is 4.49. The van der Waals surface area contributed by atoms with Gasteiger partial charge in [0.05, 0.1) is 0 Å². The lowest BCUT2D eigenvalue weighted by Crippen LogP contribution is -2.33. The first-order valence-corrected chi connectivity index (χ1v) is 6.59. The molecular weight excluding hydrogens is 224 g/mol. The number of hydrogen-bond donors (Lipinski definition) is 2. The molecule has 0 aromatic heterocycles. The summed E-state index contributed by atoms with van der Waals surface area (Å²) in [5, 5.41) is 0. The summed E-state index contributed by atoms with van der Waals surface area (Å²) in [6, 6.07) is 6.64. The van der Waals surface area contributed by atoms with Crippen LogP contribution in [0.1, 0.15) is 49.3 Å². The molecule has 0 atom stereocenters. The predicted octanol–water partition coefficient (Wildman–Crippen LogP) is 2.69. The summed E-state index contributed by atoms with van der Waals surface area (Å²) in [5.41, 5.74) is 9.28. The zero-order valence-electron chi connectivity index (χ0n) is 11.8. The average Bonchev–Trinajstić information content (AvgIpc) is 2.31. The van der Waals surface area contributed by atoms with E-state index in [9.17, 15) is 4.79 Å². The van der Waals surface area contributed by atoms with E-state index in [2.05, 4.69) is 49.8 Å². The van der Waals surface area contributed by atoms with Gasteiger partial charge in [-0.3, -0.25) is 10.2 Å². The summed E-state index contributed by atoms with van der Waals surface area (Å²) < 4.78 is 0. The minimum absolute atomic E-state index is 0.0511. The van der Waals surface area contributed by atoms with Gasteiger partial charge in [-0.2, -0.15) is 0 Å². The van der Waals surface area contributed by atoms with Gasteiger partial charge in [-0.15, -0.1) is 0 Å². The van der Waals surface area contributed by atoms with Crippen LogP contribution in [-0.4, -0.2) is 13.0 Å². The van der Waals surface area contributed by atoms with Crippen LogP contribution in [0.25, 0.3) is 0 Å². The molecule has 0 radical (unpaired) electrons. The van der Waals surface area contributed by atoms with E-state index < -0.39 is 0 Å². The van der Waals surface area contributed by atoms with E-state index in [4.69, 9.17) is 0 Å². The molecule has 1 rings (SSSR count). The van der Waals surface area contributed by atoms with Crippen molar-refractivity contribution in [3.05, 3.63) is 34.9 Å². The molecule has 3 heteroatoms. The zero-order chi connectivity index (χ0) is 13.5. The standard InChI is InChI=1S/C15H24N2O/c1-11(2)13-9-8-12(3)14(10-13)6-5-7-15(18)17-16-4/h8-11,16H,5-7H2,1-4H3,(H,17,18). The Balaban J connectivity index is 2.56. The number of carbonyl (C=O) groups is 1. The number of carbonyl (C=O) groups excluding carboxylic acids is 1. The molecule has 0 fully saturated rings. The average molecular weight is 248 g/mol. The van der Waals surface area contributed by atoms with Gasteiger partial charge in [-0.1, -0.05) is 32.0 Å². The smallest absolute Gasteiger partial charge is 0.234 e. The van der Waals surface area contributed by atoms with Gasteiger partial charge in [0.25, 0.3) is 0 Å². The third-order valence-electron chi connectivity index (χ3n) is 3.15. The number of hydrogen-bond acceptors (Lipinski definition) is 2. The minimum Gasteiger partial charge on any atom is -0.292 e. The van der Waals surface area contributed by atoms with Crippen LogP contribution in [0.2, 0.25) is 0 Å². The van der Waals surface area contributed by atoms with E-state index in [1.54, 1.807) is 7.05 Å². The molecule has 0 saturated heterocycles. The Kier molecular flexibility index (Phi) is 5.86. The second-order valence-corrected chi connectivity index (χ2v) is 4.99. The topological polar surface area (TPSA) is 41.1 Å². The summed E-state index contributed by atoms with van der Waals surface area (Å²) in [5.74, 6) is 0.604. The minimum atomic E-state index is 0.0511. The predicted molar refractivity (Wildman–Crippen MR) is 75.4 cm³/mol. The fourth-order valence-corrected chi connectivity index (χ4v) is 1.96. The van der Waals surface area contributed by atoms with E-state index in [0.717, 1.165) is 12.8 Å². The molecule has 0 bridgehead atoms. The van der Waals surface area contributed by atoms with Crippen LogP contribution in [0.15, 0.2) is 18.2 Å². The molecule has 0 saturated carbocycles. The van der Waals surface area contributed by atoms with Crippen LogP contribution in [0.4, 0.5) is 0 Å². The lowest BCUT2D eigenvalue weighted by Gasteiger charge is -2.11.